The summed E-state index contributed by atoms with van der Waals surface area (Å²) in [5.74, 6) is 0.719. The Kier molecular flexibility index (Phi) is 7.23. The zero-order chi connectivity index (χ0) is 15.6. The molecule has 2 rings (SSSR count). The molecule has 0 aliphatic rings. The van der Waals surface area contributed by atoms with Crippen molar-refractivity contribution < 1.29 is 4.74 Å². The van der Waals surface area contributed by atoms with Crippen LogP contribution in [0.15, 0.2) is 18.3 Å². The second kappa shape index (κ2) is 9.46. The van der Waals surface area contributed by atoms with E-state index in [4.69, 9.17) is 10.5 Å². The van der Waals surface area contributed by atoms with Crippen LogP contribution in [0.5, 0.6) is 5.88 Å². The number of fused-ring (bicyclic) bond motifs is 1. The number of ether oxygens (including phenoxy) is 1. The molecule has 0 saturated heterocycles. The van der Waals surface area contributed by atoms with Gasteiger partial charge in [0.05, 0.1) is 17.6 Å². The maximum Gasteiger partial charge on any atom is 0.213 e. The van der Waals surface area contributed by atoms with Crippen LogP contribution in [0.3, 0.4) is 0 Å². The Labute approximate surface area is 133 Å². The molecule has 0 spiro atoms. The SMILES string of the molecule is CCCCCCCCCOc1ccc2[nH]cc(CCN)c2n1. The van der Waals surface area contributed by atoms with Gasteiger partial charge in [0, 0.05) is 12.3 Å². The van der Waals surface area contributed by atoms with Gasteiger partial charge in [0.15, 0.2) is 0 Å². The molecule has 22 heavy (non-hydrogen) atoms. The third kappa shape index (κ3) is 5.02. The van der Waals surface area contributed by atoms with Crippen molar-refractivity contribution in [1.29, 1.82) is 0 Å². The number of nitrogens with zero attached hydrogens (tertiary/aromatic N) is 1. The number of nitrogens with one attached hydrogen (secondary N) is 1. The Morgan fingerprint density at radius 3 is 2.64 bits per heavy atom. The fourth-order valence-corrected chi connectivity index (χ4v) is 2.70. The Morgan fingerprint density at radius 2 is 1.86 bits per heavy atom. The zero-order valence-electron chi connectivity index (χ0n) is 13.7. The number of aromatic amines is 1. The number of hydrogen-bond donors (Lipinski definition) is 2. The van der Waals surface area contributed by atoms with Crippen molar-refractivity contribution >= 4 is 11.0 Å². The fraction of sp³-hybridized carbons (Fsp3) is 0.611. The van der Waals surface area contributed by atoms with Crippen LogP contribution >= 0.6 is 0 Å². The van der Waals surface area contributed by atoms with Gasteiger partial charge in [-0.2, -0.15) is 0 Å². The lowest BCUT2D eigenvalue weighted by molar-refractivity contribution is 0.294. The van der Waals surface area contributed by atoms with Gasteiger partial charge in [-0.05, 0) is 31.0 Å². The van der Waals surface area contributed by atoms with Crippen molar-refractivity contribution in [1.82, 2.24) is 9.97 Å². The quantitative estimate of drug-likeness (QED) is 0.612. The third-order valence-corrected chi connectivity index (χ3v) is 3.99. The van der Waals surface area contributed by atoms with Gasteiger partial charge in [0.2, 0.25) is 5.88 Å². The molecule has 0 saturated carbocycles. The first-order valence-corrected chi connectivity index (χ1v) is 8.65. The average molecular weight is 303 g/mol. The molecular formula is C18H29N3O. The number of rotatable bonds is 11. The molecule has 2 heterocycles. The van der Waals surface area contributed by atoms with E-state index < -0.39 is 0 Å². The Morgan fingerprint density at radius 1 is 1.09 bits per heavy atom. The van der Waals surface area contributed by atoms with E-state index in [1.807, 2.05) is 18.3 Å². The molecule has 3 N–H and O–H groups in total. The monoisotopic (exact) mass is 303 g/mol. The lowest BCUT2D eigenvalue weighted by atomic mass is 10.1. The lowest BCUT2D eigenvalue weighted by Crippen LogP contribution is -2.03. The standard InChI is InChI=1S/C18H29N3O/c1-2-3-4-5-6-7-8-13-22-17-10-9-16-18(21-17)15(11-12-19)14-20-16/h9-10,14,20H,2-8,11-13,19H2,1H3. The maximum atomic E-state index is 5.79. The second-order valence-electron chi connectivity index (χ2n) is 5.87. The van der Waals surface area contributed by atoms with E-state index >= 15 is 0 Å². The minimum atomic E-state index is 0.637. The van der Waals surface area contributed by atoms with Crippen molar-refractivity contribution in [2.45, 2.75) is 58.3 Å². The molecule has 4 nitrogen and oxygen atoms in total. The van der Waals surface area contributed by atoms with Gasteiger partial charge in [-0.3, -0.25) is 0 Å². The summed E-state index contributed by atoms with van der Waals surface area (Å²) in [7, 11) is 0. The first kappa shape index (κ1) is 16.8. The van der Waals surface area contributed by atoms with Crippen molar-refractivity contribution in [2.75, 3.05) is 13.2 Å². The molecule has 2 aromatic rings. The molecule has 2 aromatic heterocycles. The molecule has 4 heteroatoms. The molecule has 0 unspecified atom stereocenters. The molecule has 0 bridgehead atoms. The first-order chi connectivity index (χ1) is 10.8. The third-order valence-electron chi connectivity index (χ3n) is 3.99. The first-order valence-electron chi connectivity index (χ1n) is 8.65. The van der Waals surface area contributed by atoms with Crippen LogP contribution in [0.2, 0.25) is 0 Å². The Bertz CT molecular complexity index is 550. The molecule has 0 aliphatic heterocycles. The van der Waals surface area contributed by atoms with Gasteiger partial charge in [-0.25, -0.2) is 4.98 Å². The van der Waals surface area contributed by atoms with Crippen LogP contribution in [0, 0.1) is 0 Å². The summed E-state index contributed by atoms with van der Waals surface area (Å²) in [6, 6.07) is 3.97. The minimum Gasteiger partial charge on any atom is -0.478 e. The van der Waals surface area contributed by atoms with E-state index in [2.05, 4.69) is 16.9 Å². The number of hydrogen-bond acceptors (Lipinski definition) is 3. The van der Waals surface area contributed by atoms with Gasteiger partial charge < -0.3 is 15.5 Å². The van der Waals surface area contributed by atoms with E-state index in [0.717, 1.165) is 36.4 Å². The summed E-state index contributed by atoms with van der Waals surface area (Å²) < 4.78 is 5.79. The van der Waals surface area contributed by atoms with E-state index in [0.29, 0.717) is 6.54 Å². The summed E-state index contributed by atoms with van der Waals surface area (Å²) in [6.07, 6.45) is 11.9. The molecule has 0 aliphatic carbocycles. The van der Waals surface area contributed by atoms with Gasteiger partial charge in [0.1, 0.15) is 0 Å². The van der Waals surface area contributed by atoms with E-state index in [-0.39, 0.29) is 0 Å². The van der Waals surface area contributed by atoms with Gasteiger partial charge in [-0.1, -0.05) is 45.4 Å². The molecule has 0 aromatic carbocycles. The summed E-state index contributed by atoms with van der Waals surface area (Å²) in [5.41, 5.74) is 8.83. The Hall–Kier alpha value is -1.55. The van der Waals surface area contributed by atoms with Crippen LogP contribution in [-0.4, -0.2) is 23.1 Å². The van der Waals surface area contributed by atoms with Gasteiger partial charge in [0.25, 0.3) is 0 Å². The summed E-state index contributed by atoms with van der Waals surface area (Å²) in [5, 5.41) is 0. The predicted octanol–water partition coefficient (Wildman–Crippen LogP) is 4.19. The van der Waals surface area contributed by atoms with E-state index in [1.165, 1.54) is 44.1 Å². The van der Waals surface area contributed by atoms with Crippen molar-refractivity contribution in [2.24, 2.45) is 5.73 Å². The highest BCUT2D eigenvalue weighted by Gasteiger charge is 2.06. The van der Waals surface area contributed by atoms with Crippen LogP contribution in [0.1, 0.15) is 57.4 Å². The molecular weight excluding hydrogens is 274 g/mol. The number of aromatic nitrogens is 2. The van der Waals surface area contributed by atoms with Crippen molar-refractivity contribution in [3.05, 3.63) is 23.9 Å². The van der Waals surface area contributed by atoms with E-state index in [9.17, 15) is 0 Å². The smallest absolute Gasteiger partial charge is 0.213 e. The Balaban J connectivity index is 1.73. The number of unbranched alkanes of at least 4 members (excludes halogenated alkanes) is 6. The minimum absolute atomic E-state index is 0.637. The van der Waals surface area contributed by atoms with Crippen LogP contribution in [0.25, 0.3) is 11.0 Å². The highest BCUT2D eigenvalue weighted by molar-refractivity contribution is 5.79. The van der Waals surface area contributed by atoms with E-state index in [1.54, 1.807) is 0 Å². The molecule has 0 radical (unpaired) electrons. The van der Waals surface area contributed by atoms with Crippen LogP contribution < -0.4 is 10.5 Å². The molecule has 122 valence electrons. The van der Waals surface area contributed by atoms with Gasteiger partial charge >= 0.3 is 0 Å². The highest BCUT2D eigenvalue weighted by Crippen LogP contribution is 2.20. The van der Waals surface area contributed by atoms with Crippen molar-refractivity contribution in [3.8, 4) is 5.88 Å². The van der Waals surface area contributed by atoms with Crippen LogP contribution in [-0.2, 0) is 6.42 Å². The molecule has 0 amide bonds. The molecule has 0 atom stereocenters. The number of H-pyrrole nitrogens is 1. The fourth-order valence-electron chi connectivity index (χ4n) is 2.70. The topological polar surface area (TPSA) is 63.9 Å². The largest absolute Gasteiger partial charge is 0.478 e. The van der Waals surface area contributed by atoms with Gasteiger partial charge in [-0.15, -0.1) is 0 Å². The number of pyridine rings is 1. The summed E-state index contributed by atoms with van der Waals surface area (Å²) in [4.78, 5) is 7.83. The second-order valence-corrected chi connectivity index (χ2v) is 5.87. The zero-order valence-corrected chi connectivity index (χ0v) is 13.7. The lowest BCUT2D eigenvalue weighted by Gasteiger charge is -2.06. The normalized spacial score (nSPS) is 11.2. The summed E-state index contributed by atoms with van der Waals surface area (Å²) >= 11 is 0. The number of nitrogens with two attached hydrogens (primary N) is 1. The van der Waals surface area contributed by atoms with Crippen LogP contribution in [0.4, 0.5) is 0 Å². The molecule has 0 fully saturated rings. The highest BCUT2D eigenvalue weighted by atomic mass is 16.5. The van der Waals surface area contributed by atoms with Crippen molar-refractivity contribution in [3.63, 3.8) is 0 Å². The maximum absolute atomic E-state index is 5.79. The average Bonchev–Trinajstić information content (AvgIpc) is 2.93. The summed E-state index contributed by atoms with van der Waals surface area (Å²) in [6.45, 7) is 3.64. The predicted molar refractivity (Wildman–Crippen MR) is 92.3 cm³/mol.